The first kappa shape index (κ1) is 18.9. The fourth-order valence-electron chi connectivity index (χ4n) is 2.42. The van der Waals surface area contributed by atoms with Crippen molar-refractivity contribution in [2.45, 2.75) is 16.5 Å². The Kier molecular flexibility index (Phi) is 5.15. The van der Waals surface area contributed by atoms with E-state index in [1.54, 1.807) is 30.3 Å². The maximum Gasteiger partial charge on any atom is 0.407 e. The number of nitrogens with zero attached hydrogens (tertiary/aromatic N) is 4. The molecule has 2 heterocycles. The van der Waals surface area contributed by atoms with Gasteiger partial charge in [0.2, 0.25) is 9.84 Å². The Balaban J connectivity index is 2.18. The summed E-state index contributed by atoms with van der Waals surface area (Å²) in [5.41, 5.74) is 0.534. The second-order valence-corrected chi connectivity index (χ2v) is 7.91. The van der Waals surface area contributed by atoms with Crippen molar-refractivity contribution in [1.82, 2.24) is 19.7 Å². The van der Waals surface area contributed by atoms with Crippen molar-refractivity contribution in [3.05, 3.63) is 65.6 Å². The van der Waals surface area contributed by atoms with Gasteiger partial charge in [-0.1, -0.05) is 29.8 Å². The van der Waals surface area contributed by atoms with E-state index < -0.39 is 15.9 Å². The molecule has 0 radical (unpaired) electrons. The molecule has 3 aromatic rings. The Morgan fingerprint density at radius 3 is 2.56 bits per heavy atom. The Morgan fingerprint density at radius 2 is 1.93 bits per heavy atom. The Bertz CT molecular complexity index is 1080. The zero-order valence-corrected chi connectivity index (χ0v) is 15.7. The number of pyridine rings is 1. The molecule has 0 aliphatic heterocycles. The molecule has 0 aliphatic carbocycles. The number of carboxylic acid groups (broad SMARTS) is 1. The second-order valence-electron chi connectivity index (χ2n) is 5.65. The van der Waals surface area contributed by atoms with Crippen LogP contribution in [0.1, 0.15) is 5.69 Å². The number of hydrogen-bond donors (Lipinski definition) is 1. The van der Waals surface area contributed by atoms with Gasteiger partial charge in [-0.2, -0.15) is 5.10 Å². The molecule has 0 fully saturated rings. The van der Waals surface area contributed by atoms with Crippen molar-refractivity contribution >= 4 is 27.5 Å². The van der Waals surface area contributed by atoms with Gasteiger partial charge in [0.1, 0.15) is 5.69 Å². The van der Waals surface area contributed by atoms with Gasteiger partial charge in [0.15, 0.2) is 10.2 Å². The molecule has 1 N–H and O–H groups in total. The predicted octanol–water partition coefficient (Wildman–Crippen LogP) is 2.86. The summed E-state index contributed by atoms with van der Waals surface area (Å²) < 4.78 is 27.4. The highest BCUT2D eigenvalue weighted by Gasteiger charge is 2.26. The summed E-state index contributed by atoms with van der Waals surface area (Å²) in [6, 6.07) is 12.4. The van der Waals surface area contributed by atoms with Crippen LogP contribution >= 0.6 is 11.6 Å². The normalized spacial score (nSPS) is 11.3. The molecule has 10 heteroatoms. The van der Waals surface area contributed by atoms with Gasteiger partial charge in [0.05, 0.1) is 17.1 Å². The second kappa shape index (κ2) is 7.37. The highest BCUT2D eigenvalue weighted by atomic mass is 35.5. The van der Waals surface area contributed by atoms with Crippen molar-refractivity contribution in [3.8, 4) is 5.69 Å². The van der Waals surface area contributed by atoms with Crippen LogP contribution in [-0.4, -0.2) is 46.3 Å². The summed E-state index contributed by atoms with van der Waals surface area (Å²) in [6.07, 6.45) is 0.316. The van der Waals surface area contributed by atoms with E-state index >= 15 is 0 Å². The molecule has 8 nitrogen and oxygen atoms in total. The molecule has 0 saturated heterocycles. The zero-order chi connectivity index (χ0) is 19.6. The van der Waals surface area contributed by atoms with E-state index in [1.807, 2.05) is 0 Å². The number of halogens is 1. The molecule has 0 saturated carbocycles. The minimum Gasteiger partial charge on any atom is -0.465 e. The van der Waals surface area contributed by atoms with Crippen LogP contribution in [0.25, 0.3) is 5.69 Å². The number of aromatic nitrogens is 3. The van der Waals surface area contributed by atoms with Gasteiger partial charge in [-0.15, -0.1) is 0 Å². The van der Waals surface area contributed by atoms with E-state index in [4.69, 9.17) is 16.7 Å². The highest BCUT2D eigenvalue weighted by molar-refractivity contribution is 7.91. The highest BCUT2D eigenvalue weighted by Crippen LogP contribution is 2.27. The molecular weight excluding hydrogens is 392 g/mol. The van der Waals surface area contributed by atoms with Gasteiger partial charge < -0.3 is 10.0 Å². The van der Waals surface area contributed by atoms with E-state index in [0.29, 0.717) is 0 Å². The lowest BCUT2D eigenvalue weighted by molar-refractivity contribution is 0.153. The maximum absolute atomic E-state index is 13.1. The van der Waals surface area contributed by atoms with Crippen LogP contribution in [-0.2, 0) is 16.4 Å². The first-order valence-electron chi connectivity index (χ1n) is 7.74. The summed E-state index contributed by atoms with van der Waals surface area (Å²) in [5, 5.41) is 13.3. The van der Waals surface area contributed by atoms with E-state index in [0.717, 1.165) is 4.90 Å². The van der Waals surface area contributed by atoms with Gasteiger partial charge in [-0.3, -0.25) is 0 Å². The average molecular weight is 407 g/mol. The lowest BCUT2D eigenvalue weighted by Crippen LogP contribution is -2.24. The Hall–Kier alpha value is -2.91. The molecule has 2 aromatic heterocycles. The minimum absolute atomic E-state index is 0.0725. The first-order chi connectivity index (χ1) is 12.8. The zero-order valence-electron chi connectivity index (χ0n) is 14.2. The third-order valence-electron chi connectivity index (χ3n) is 3.75. The fourth-order valence-corrected chi connectivity index (χ4v) is 4.03. The molecule has 27 heavy (non-hydrogen) atoms. The van der Waals surface area contributed by atoms with Crippen molar-refractivity contribution in [3.63, 3.8) is 0 Å². The van der Waals surface area contributed by atoms with Crippen LogP contribution in [0.2, 0.25) is 5.15 Å². The van der Waals surface area contributed by atoms with E-state index in [9.17, 15) is 13.2 Å². The number of benzene rings is 1. The number of carbonyl (C=O) groups is 1. The van der Waals surface area contributed by atoms with E-state index in [-0.39, 0.29) is 33.0 Å². The number of hydrogen-bond acceptors (Lipinski definition) is 5. The standard InChI is InChI=1S/C17H15ClN4O4S/c1-21(17(23)24)11-12-10-15(27(25,26)13-6-3-2-4-7-13)22(20-12)14-8-5-9-19-16(14)18/h2-10H,11H2,1H3,(H,23,24). The van der Waals surface area contributed by atoms with Crippen LogP contribution < -0.4 is 0 Å². The number of amides is 1. The lowest BCUT2D eigenvalue weighted by Gasteiger charge is -2.10. The maximum atomic E-state index is 13.1. The fraction of sp³-hybridized carbons (Fsp3) is 0.118. The van der Waals surface area contributed by atoms with Crippen LogP contribution in [0.15, 0.2) is 64.6 Å². The number of rotatable bonds is 5. The van der Waals surface area contributed by atoms with Crippen molar-refractivity contribution < 1.29 is 18.3 Å². The van der Waals surface area contributed by atoms with Crippen molar-refractivity contribution in [1.29, 1.82) is 0 Å². The van der Waals surface area contributed by atoms with E-state index in [1.165, 1.54) is 36.1 Å². The van der Waals surface area contributed by atoms with Crippen LogP contribution in [0.4, 0.5) is 4.79 Å². The van der Waals surface area contributed by atoms with Gasteiger partial charge in [0, 0.05) is 19.3 Å². The Morgan fingerprint density at radius 1 is 1.22 bits per heavy atom. The van der Waals surface area contributed by atoms with Crippen LogP contribution in [0, 0.1) is 0 Å². The molecule has 140 valence electrons. The third-order valence-corrected chi connectivity index (χ3v) is 5.77. The summed E-state index contributed by atoms with van der Waals surface area (Å²) in [6.45, 7) is -0.0858. The molecular formula is C17H15ClN4O4S. The molecule has 0 atom stereocenters. The first-order valence-corrected chi connectivity index (χ1v) is 9.61. The topological polar surface area (TPSA) is 105 Å². The summed E-state index contributed by atoms with van der Waals surface area (Å²) in [4.78, 5) is 16.1. The van der Waals surface area contributed by atoms with Crippen molar-refractivity contribution in [2.75, 3.05) is 7.05 Å². The van der Waals surface area contributed by atoms with Gasteiger partial charge in [0.25, 0.3) is 0 Å². The Labute approximate surface area is 160 Å². The molecule has 0 aliphatic rings. The molecule has 1 amide bonds. The van der Waals surface area contributed by atoms with E-state index in [2.05, 4.69) is 10.1 Å². The summed E-state index contributed by atoms with van der Waals surface area (Å²) in [5.74, 6) is 0. The molecule has 1 aromatic carbocycles. The molecule has 0 bridgehead atoms. The summed E-state index contributed by atoms with van der Waals surface area (Å²) >= 11 is 6.12. The van der Waals surface area contributed by atoms with Gasteiger partial charge in [-0.05, 0) is 24.3 Å². The lowest BCUT2D eigenvalue weighted by atomic mass is 10.4. The molecule has 3 rings (SSSR count). The SMILES string of the molecule is CN(Cc1cc(S(=O)(=O)c2ccccc2)n(-c2cccnc2Cl)n1)C(=O)O. The monoisotopic (exact) mass is 406 g/mol. The molecule has 0 unspecified atom stereocenters. The smallest absolute Gasteiger partial charge is 0.407 e. The van der Waals surface area contributed by atoms with Crippen LogP contribution in [0.5, 0.6) is 0 Å². The summed E-state index contributed by atoms with van der Waals surface area (Å²) in [7, 11) is -2.56. The van der Waals surface area contributed by atoms with Gasteiger partial charge in [-0.25, -0.2) is 22.9 Å². The average Bonchev–Trinajstić information content (AvgIpc) is 3.07. The van der Waals surface area contributed by atoms with Crippen molar-refractivity contribution in [2.24, 2.45) is 0 Å². The number of sulfone groups is 1. The molecule has 0 spiro atoms. The minimum atomic E-state index is -3.92. The third kappa shape index (κ3) is 3.79. The van der Waals surface area contributed by atoms with Gasteiger partial charge >= 0.3 is 6.09 Å². The van der Waals surface area contributed by atoms with Crippen LogP contribution in [0.3, 0.4) is 0 Å². The predicted molar refractivity (Wildman–Crippen MR) is 97.8 cm³/mol. The quantitative estimate of drug-likeness (QED) is 0.653. The largest absolute Gasteiger partial charge is 0.465 e.